The summed E-state index contributed by atoms with van der Waals surface area (Å²) < 4.78 is 0. The second-order valence-corrected chi connectivity index (χ2v) is 5.50. The van der Waals surface area contributed by atoms with Crippen LogP contribution in [0.25, 0.3) is 0 Å². The number of carbonyl (C=O) groups excluding carboxylic acids is 1. The number of hydrogen-bond donors (Lipinski definition) is 2. The molecule has 1 aliphatic rings. The van der Waals surface area contributed by atoms with E-state index in [2.05, 4.69) is 15.4 Å². The Balaban J connectivity index is 1.76. The minimum absolute atomic E-state index is 0.108. The van der Waals surface area contributed by atoms with E-state index in [9.17, 15) is 9.90 Å². The van der Waals surface area contributed by atoms with Crippen molar-refractivity contribution in [1.29, 1.82) is 0 Å². The van der Waals surface area contributed by atoms with Crippen molar-refractivity contribution < 1.29 is 9.90 Å². The van der Waals surface area contributed by atoms with Crippen LogP contribution in [0.3, 0.4) is 0 Å². The third-order valence-electron chi connectivity index (χ3n) is 2.74. The van der Waals surface area contributed by atoms with E-state index in [1.54, 1.807) is 24.3 Å². The molecule has 2 N–H and O–H groups in total. The van der Waals surface area contributed by atoms with E-state index in [1.165, 1.54) is 6.21 Å². The number of nitrogens with zero attached hydrogens (tertiary/aromatic N) is 2. The zero-order valence-corrected chi connectivity index (χ0v) is 11.4. The van der Waals surface area contributed by atoms with Crippen LogP contribution in [-0.2, 0) is 4.79 Å². The highest BCUT2D eigenvalue weighted by Crippen LogP contribution is 2.09. The molecule has 2 rings (SSSR count). The molecule has 0 atom stereocenters. The third-order valence-corrected chi connectivity index (χ3v) is 3.69. The monoisotopic (exact) mass is 279 g/mol. The lowest BCUT2D eigenvalue weighted by atomic mass is 10.2. The van der Waals surface area contributed by atoms with Crippen molar-refractivity contribution in [1.82, 2.24) is 10.3 Å². The van der Waals surface area contributed by atoms with Gasteiger partial charge in [-0.3, -0.25) is 9.69 Å². The van der Waals surface area contributed by atoms with Gasteiger partial charge < -0.3 is 5.11 Å². The molecule has 1 fully saturated rings. The first-order valence-electron chi connectivity index (χ1n) is 6.15. The van der Waals surface area contributed by atoms with Crippen molar-refractivity contribution in [3.8, 4) is 5.75 Å². The summed E-state index contributed by atoms with van der Waals surface area (Å²) in [6, 6.07) is 6.70. The fraction of sp³-hybridized carbons (Fsp3) is 0.385. The maximum atomic E-state index is 11.6. The predicted octanol–water partition coefficient (Wildman–Crippen LogP) is 0.891. The predicted molar refractivity (Wildman–Crippen MR) is 77.6 cm³/mol. The number of thioether (sulfide) groups is 1. The third kappa shape index (κ3) is 4.92. The number of hydrogen-bond acceptors (Lipinski definition) is 5. The van der Waals surface area contributed by atoms with Crippen LogP contribution in [0, 0.1) is 0 Å². The summed E-state index contributed by atoms with van der Waals surface area (Å²) in [5, 5.41) is 13.2. The fourth-order valence-corrected chi connectivity index (χ4v) is 2.76. The Morgan fingerprint density at radius 3 is 3.00 bits per heavy atom. The SMILES string of the molecule is O=C(CN1CCSCC1)N/N=C\c1cccc(O)c1. The van der Waals surface area contributed by atoms with Gasteiger partial charge in [-0.2, -0.15) is 16.9 Å². The molecule has 1 heterocycles. The molecule has 0 radical (unpaired) electrons. The summed E-state index contributed by atoms with van der Waals surface area (Å²) in [6.45, 7) is 2.29. The number of benzene rings is 1. The van der Waals surface area contributed by atoms with Gasteiger partial charge in [-0.1, -0.05) is 12.1 Å². The second kappa shape index (κ2) is 7.16. The van der Waals surface area contributed by atoms with Gasteiger partial charge in [-0.15, -0.1) is 0 Å². The van der Waals surface area contributed by atoms with E-state index in [0.717, 1.165) is 30.2 Å². The number of hydrazone groups is 1. The second-order valence-electron chi connectivity index (χ2n) is 4.28. The maximum absolute atomic E-state index is 11.6. The Hall–Kier alpha value is -1.53. The molecule has 6 heteroatoms. The van der Waals surface area contributed by atoms with Crippen molar-refractivity contribution in [3.05, 3.63) is 29.8 Å². The van der Waals surface area contributed by atoms with E-state index < -0.39 is 0 Å². The Labute approximate surface area is 116 Å². The molecular weight excluding hydrogens is 262 g/mol. The Bertz CT molecular complexity index is 459. The smallest absolute Gasteiger partial charge is 0.254 e. The van der Waals surface area contributed by atoms with Crippen LogP contribution in [0.5, 0.6) is 5.75 Å². The number of nitrogens with one attached hydrogen (secondary N) is 1. The average molecular weight is 279 g/mol. The van der Waals surface area contributed by atoms with E-state index >= 15 is 0 Å². The van der Waals surface area contributed by atoms with E-state index in [4.69, 9.17) is 0 Å². The standard InChI is InChI=1S/C13H17N3O2S/c17-12-3-1-2-11(8-12)9-14-15-13(18)10-16-4-6-19-7-5-16/h1-3,8-9,17H,4-7,10H2,(H,15,18)/b14-9-. The zero-order valence-electron chi connectivity index (χ0n) is 10.6. The molecule has 1 amide bonds. The summed E-state index contributed by atoms with van der Waals surface area (Å²) in [4.78, 5) is 13.8. The summed E-state index contributed by atoms with van der Waals surface area (Å²) in [7, 11) is 0. The van der Waals surface area contributed by atoms with Crippen molar-refractivity contribution in [2.75, 3.05) is 31.1 Å². The highest BCUT2D eigenvalue weighted by atomic mass is 32.2. The Morgan fingerprint density at radius 2 is 2.26 bits per heavy atom. The van der Waals surface area contributed by atoms with Gasteiger partial charge in [0.2, 0.25) is 0 Å². The molecule has 1 aromatic rings. The molecule has 0 spiro atoms. The molecule has 0 aromatic heterocycles. The van der Waals surface area contributed by atoms with E-state index in [0.29, 0.717) is 6.54 Å². The molecule has 0 aliphatic carbocycles. The average Bonchev–Trinajstić information content (AvgIpc) is 2.40. The normalized spacial score (nSPS) is 16.6. The first kappa shape index (κ1) is 13.9. The summed E-state index contributed by atoms with van der Waals surface area (Å²) in [5.41, 5.74) is 3.24. The van der Waals surface area contributed by atoms with Crippen molar-refractivity contribution in [3.63, 3.8) is 0 Å². The molecule has 1 aromatic carbocycles. The molecule has 0 bridgehead atoms. The van der Waals surface area contributed by atoms with Crippen molar-refractivity contribution >= 4 is 23.9 Å². The van der Waals surface area contributed by atoms with Crippen LogP contribution in [0.15, 0.2) is 29.4 Å². The first-order chi connectivity index (χ1) is 9.24. The van der Waals surface area contributed by atoms with Crippen LogP contribution in [-0.4, -0.2) is 53.3 Å². The number of phenolic OH excluding ortho intramolecular Hbond substituents is 1. The quantitative estimate of drug-likeness (QED) is 0.634. The lowest BCUT2D eigenvalue weighted by Crippen LogP contribution is -2.40. The minimum atomic E-state index is -0.108. The van der Waals surface area contributed by atoms with Gasteiger partial charge in [0.25, 0.3) is 5.91 Å². The molecular formula is C13H17N3O2S. The Morgan fingerprint density at radius 1 is 1.47 bits per heavy atom. The highest BCUT2D eigenvalue weighted by Gasteiger charge is 2.13. The number of rotatable bonds is 4. The van der Waals surface area contributed by atoms with Gasteiger partial charge in [0.1, 0.15) is 5.75 Å². The molecule has 102 valence electrons. The van der Waals surface area contributed by atoms with Crippen LogP contribution >= 0.6 is 11.8 Å². The molecule has 1 saturated heterocycles. The molecule has 0 saturated carbocycles. The van der Waals surface area contributed by atoms with Crippen LogP contribution < -0.4 is 5.43 Å². The molecule has 19 heavy (non-hydrogen) atoms. The van der Waals surface area contributed by atoms with E-state index in [1.807, 2.05) is 11.8 Å². The lowest BCUT2D eigenvalue weighted by molar-refractivity contribution is -0.122. The largest absolute Gasteiger partial charge is 0.508 e. The van der Waals surface area contributed by atoms with E-state index in [-0.39, 0.29) is 11.7 Å². The summed E-state index contributed by atoms with van der Waals surface area (Å²) >= 11 is 1.92. The van der Waals surface area contributed by atoms with Gasteiger partial charge in [-0.25, -0.2) is 5.43 Å². The highest BCUT2D eigenvalue weighted by molar-refractivity contribution is 7.99. The van der Waals surface area contributed by atoms with Gasteiger partial charge in [0.05, 0.1) is 12.8 Å². The van der Waals surface area contributed by atoms with Crippen LogP contribution in [0.2, 0.25) is 0 Å². The van der Waals surface area contributed by atoms with Gasteiger partial charge in [0, 0.05) is 24.6 Å². The molecule has 0 unspecified atom stereocenters. The Kier molecular flexibility index (Phi) is 5.23. The topological polar surface area (TPSA) is 64.9 Å². The maximum Gasteiger partial charge on any atom is 0.254 e. The number of aromatic hydroxyl groups is 1. The van der Waals surface area contributed by atoms with Crippen LogP contribution in [0.4, 0.5) is 0 Å². The van der Waals surface area contributed by atoms with Gasteiger partial charge >= 0.3 is 0 Å². The van der Waals surface area contributed by atoms with Gasteiger partial charge in [0.15, 0.2) is 0 Å². The zero-order chi connectivity index (χ0) is 13.5. The fourth-order valence-electron chi connectivity index (χ4n) is 1.78. The molecule has 5 nitrogen and oxygen atoms in total. The number of phenols is 1. The summed E-state index contributed by atoms with van der Waals surface area (Å²) in [6.07, 6.45) is 1.52. The summed E-state index contributed by atoms with van der Waals surface area (Å²) in [5.74, 6) is 2.24. The number of amides is 1. The van der Waals surface area contributed by atoms with Gasteiger partial charge in [-0.05, 0) is 17.7 Å². The first-order valence-corrected chi connectivity index (χ1v) is 7.30. The van der Waals surface area contributed by atoms with Crippen molar-refractivity contribution in [2.45, 2.75) is 0 Å². The number of carbonyl (C=O) groups is 1. The molecule has 1 aliphatic heterocycles. The van der Waals surface area contributed by atoms with Crippen LogP contribution in [0.1, 0.15) is 5.56 Å². The van der Waals surface area contributed by atoms with Crippen molar-refractivity contribution in [2.24, 2.45) is 5.10 Å². The minimum Gasteiger partial charge on any atom is -0.508 e. The lowest BCUT2D eigenvalue weighted by Gasteiger charge is -2.24.